The molecule has 3 heterocycles. The van der Waals surface area contributed by atoms with Gasteiger partial charge in [0.05, 0.1) is 12.1 Å². The Bertz CT molecular complexity index is 988. The van der Waals surface area contributed by atoms with Gasteiger partial charge in [-0.05, 0) is 61.6 Å². The number of H-pyrrole nitrogens is 1. The second-order valence-corrected chi connectivity index (χ2v) is 8.17. The Kier molecular flexibility index (Phi) is 5.78. The van der Waals surface area contributed by atoms with Gasteiger partial charge >= 0.3 is 0 Å². The van der Waals surface area contributed by atoms with Gasteiger partial charge in [0, 0.05) is 48.2 Å². The van der Waals surface area contributed by atoms with Gasteiger partial charge in [-0.15, -0.1) is 5.10 Å². The molecule has 6 nitrogen and oxygen atoms in total. The molecule has 3 aromatic rings. The Morgan fingerprint density at radius 1 is 1.34 bits per heavy atom. The van der Waals surface area contributed by atoms with Crippen LogP contribution in [0, 0.1) is 5.92 Å². The maximum absolute atomic E-state index is 12.9. The number of fused-ring (bicyclic) bond motifs is 2. The van der Waals surface area contributed by atoms with Crippen molar-refractivity contribution in [1.82, 2.24) is 24.4 Å². The number of aromatic nitrogens is 3. The van der Waals surface area contributed by atoms with Crippen LogP contribution in [0.15, 0.2) is 42.0 Å². The number of amides is 1. The Hall–Kier alpha value is -2.51. The summed E-state index contributed by atoms with van der Waals surface area (Å²) in [5.74, 6) is 0.210. The van der Waals surface area contributed by atoms with Crippen LogP contribution < -0.4 is 0 Å². The van der Waals surface area contributed by atoms with Crippen LogP contribution in [0.3, 0.4) is 0 Å². The largest absolute Gasteiger partial charge is 0.361 e. The highest BCUT2D eigenvalue weighted by atomic mass is 32.1. The smallest absolute Gasteiger partial charge is 0.230 e. The van der Waals surface area contributed by atoms with E-state index in [2.05, 4.69) is 70.8 Å². The lowest BCUT2D eigenvalue weighted by atomic mass is 9.79. The summed E-state index contributed by atoms with van der Waals surface area (Å²) in [5.41, 5.74) is 5.21. The number of carbonyl (C=O) groups is 1. The fourth-order valence-corrected chi connectivity index (χ4v) is 4.78. The van der Waals surface area contributed by atoms with Gasteiger partial charge in [-0.3, -0.25) is 9.69 Å². The van der Waals surface area contributed by atoms with E-state index in [0.29, 0.717) is 6.04 Å². The molecule has 0 saturated heterocycles. The summed E-state index contributed by atoms with van der Waals surface area (Å²) < 4.78 is 3.51. The van der Waals surface area contributed by atoms with E-state index in [1.165, 1.54) is 39.1 Å². The zero-order valence-corrected chi connectivity index (χ0v) is 17.9. The predicted octanol–water partition coefficient (Wildman–Crippen LogP) is 3.44. The van der Waals surface area contributed by atoms with Crippen molar-refractivity contribution in [2.75, 3.05) is 26.7 Å². The predicted molar refractivity (Wildman–Crippen MR) is 118 cm³/mol. The molecule has 1 aromatic carbocycles. The zero-order valence-electron chi connectivity index (χ0n) is 17.1. The first kappa shape index (κ1) is 19.8. The molecule has 2 aliphatic rings. The van der Waals surface area contributed by atoms with Crippen molar-refractivity contribution in [3.8, 4) is 0 Å². The van der Waals surface area contributed by atoms with E-state index in [4.69, 9.17) is 0 Å². The van der Waals surface area contributed by atoms with Crippen LogP contribution >= 0.6 is 11.5 Å². The molecule has 2 atom stereocenters. The molecular weight excluding hydrogens is 382 g/mol. The van der Waals surface area contributed by atoms with Crippen molar-refractivity contribution >= 4 is 33.9 Å². The van der Waals surface area contributed by atoms with Gasteiger partial charge in [0.1, 0.15) is 0 Å². The van der Waals surface area contributed by atoms with Crippen LogP contribution in [-0.4, -0.2) is 63.0 Å². The van der Waals surface area contributed by atoms with Crippen LogP contribution in [-0.2, 0) is 11.2 Å². The summed E-state index contributed by atoms with van der Waals surface area (Å²) in [5, 5.41) is 6.65. The van der Waals surface area contributed by atoms with E-state index in [0.717, 1.165) is 26.1 Å². The first-order valence-corrected chi connectivity index (χ1v) is 11.0. The van der Waals surface area contributed by atoms with Crippen LogP contribution in [0.1, 0.15) is 25.0 Å². The van der Waals surface area contributed by atoms with Crippen LogP contribution in [0.2, 0.25) is 0 Å². The molecule has 0 radical (unpaired) electrons. The number of hydrogen-bond donors (Lipinski definition) is 1. The molecule has 0 bridgehead atoms. The topological polar surface area (TPSA) is 65.1 Å². The molecule has 7 heteroatoms. The number of nitrogens with zero attached hydrogens (tertiary/aromatic N) is 4. The first-order chi connectivity index (χ1) is 14.1. The third-order valence-electron chi connectivity index (χ3n) is 5.94. The van der Waals surface area contributed by atoms with Gasteiger partial charge in [0.2, 0.25) is 5.91 Å². The Labute approximate surface area is 175 Å². The second-order valence-electron chi connectivity index (χ2n) is 7.53. The van der Waals surface area contributed by atoms with Crippen molar-refractivity contribution in [2.24, 2.45) is 5.92 Å². The summed E-state index contributed by atoms with van der Waals surface area (Å²) in [7, 11) is 2.15. The Morgan fingerprint density at radius 3 is 2.83 bits per heavy atom. The van der Waals surface area contributed by atoms with Crippen molar-refractivity contribution in [3.05, 3.63) is 53.2 Å². The highest BCUT2D eigenvalue weighted by Gasteiger charge is 2.36. The van der Waals surface area contributed by atoms with Gasteiger partial charge in [-0.25, -0.2) is 0 Å². The fraction of sp³-hybridized carbons (Fsp3) is 0.409. The lowest BCUT2D eigenvalue weighted by Gasteiger charge is -2.40. The summed E-state index contributed by atoms with van der Waals surface area (Å²) in [6.45, 7) is 6.47. The quantitative estimate of drug-likeness (QED) is 0.720. The molecular formula is C22H27N5OS. The molecule has 2 aromatic heterocycles. The van der Waals surface area contributed by atoms with E-state index >= 15 is 0 Å². The van der Waals surface area contributed by atoms with Crippen molar-refractivity contribution < 1.29 is 4.79 Å². The van der Waals surface area contributed by atoms with Crippen molar-refractivity contribution in [2.45, 2.75) is 26.3 Å². The van der Waals surface area contributed by atoms with Crippen LogP contribution in [0.4, 0.5) is 0 Å². The number of likely N-dealkylation sites (N-methyl/N-ethyl adjacent to an activating group) is 1. The molecule has 0 saturated carbocycles. The van der Waals surface area contributed by atoms with Crippen molar-refractivity contribution in [3.63, 3.8) is 0 Å². The molecule has 5 rings (SSSR count). The molecule has 29 heavy (non-hydrogen) atoms. The van der Waals surface area contributed by atoms with Gasteiger partial charge in [-0.2, -0.15) is 0 Å². The van der Waals surface area contributed by atoms with E-state index in [9.17, 15) is 4.79 Å². The normalized spacial score (nSPS) is 20.4. The minimum atomic E-state index is -0.0445. The van der Waals surface area contributed by atoms with E-state index in [1.807, 2.05) is 10.3 Å². The Morgan fingerprint density at radius 2 is 2.17 bits per heavy atom. The Balaban J connectivity index is 0.000000359. The number of carbonyl (C=O) groups excluding carboxylic acids is 1. The van der Waals surface area contributed by atoms with Crippen LogP contribution in [0.25, 0.3) is 16.5 Å². The number of aromatic amines is 1. The van der Waals surface area contributed by atoms with Gasteiger partial charge in [0.25, 0.3) is 0 Å². The van der Waals surface area contributed by atoms with E-state index in [-0.39, 0.29) is 11.8 Å². The fourth-order valence-electron chi connectivity index (χ4n) is 4.51. The third kappa shape index (κ3) is 3.72. The lowest BCUT2D eigenvalue weighted by molar-refractivity contribution is -0.134. The van der Waals surface area contributed by atoms with Crippen molar-refractivity contribution in [1.29, 1.82) is 0 Å². The van der Waals surface area contributed by atoms with Gasteiger partial charge < -0.3 is 9.88 Å². The maximum atomic E-state index is 12.9. The second kappa shape index (κ2) is 8.47. The minimum Gasteiger partial charge on any atom is -0.361 e. The van der Waals surface area contributed by atoms with Crippen LogP contribution in [0.5, 0.6) is 0 Å². The molecule has 0 spiro atoms. The summed E-state index contributed by atoms with van der Waals surface area (Å²) in [6, 6.07) is 6.82. The SMILES string of the molecule is CCN(CC)C(=O)[C@@H]1C=C2c3cccc4[nH]cc(c34)C[C@H]2N(C)C1.c1csnn1. The first-order valence-electron chi connectivity index (χ1n) is 10.1. The molecule has 1 aliphatic heterocycles. The molecule has 1 aliphatic carbocycles. The molecule has 0 unspecified atom stereocenters. The average Bonchev–Trinajstić information content (AvgIpc) is 3.44. The summed E-state index contributed by atoms with van der Waals surface area (Å²) >= 11 is 1.35. The van der Waals surface area contributed by atoms with Gasteiger partial charge in [-0.1, -0.05) is 22.7 Å². The zero-order chi connectivity index (χ0) is 20.4. The number of hydrogen-bond acceptors (Lipinski definition) is 5. The lowest BCUT2D eigenvalue weighted by Crippen LogP contribution is -2.47. The number of rotatable bonds is 3. The molecule has 0 fully saturated rings. The van der Waals surface area contributed by atoms with Gasteiger partial charge in [0.15, 0.2) is 0 Å². The summed E-state index contributed by atoms with van der Waals surface area (Å²) in [4.78, 5) is 20.6. The average molecular weight is 410 g/mol. The monoisotopic (exact) mass is 409 g/mol. The molecule has 1 N–H and O–H groups in total. The number of benzene rings is 1. The number of nitrogens with one attached hydrogen (secondary N) is 1. The van der Waals surface area contributed by atoms with E-state index in [1.54, 1.807) is 6.20 Å². The van der Waals surface area contributed by atoms with E-state index < -0.39 is 0 Å². The standard InChI is InChI=1S/C20H25N3O.C2H2N2S/c1-4-23(5-2)20(24)14-9-16-15-7-6-8-17-19(15)13(11-21-17)10-18(16)22(3)12-14;1-2-5-4-3-1/h6-9,11,14,18,21H,4-5,10,12H2,1-3H3;1-2H/t14-,18-;/m1./s1. The maximum Gasteiger partial charge on any atom is 0.230 e. The highest BCUT2D eigenvalue weighted by molar-refractivity contribution is 7.03. The summed E-state index contributed by atoms with van der Waals surface area (Å²) in [6.07, 6.45) is 7.07. The third-order valence-corrected chi connectivity index (χ3v) is 6.38. The molecule has 1 amide bonds. The highest BCUT2D eigenvalue weighted by Crippen LogP contribution is 2.40. The minimum absolute atomic E-state index is 0.0445. The molecule has 152 valence electrons.